The van der Waals surface area contributed by atoms with Crippen LogP contribution in [0.15, 0.2) is 0 Å². The minimum absolute atomic E-state index is 1.50. The lowest BCUT2D eigenvalue weighted by molar-refractivity contribution is -0.472. The molecule has 0 aromatic carbocycles. The smallest absolute Gasteiger partial charge is 0.392 e. The number of nitrogens with two attached hydrogens (primary N) is 1. The Labute approximate surface area is 168 Å². The Morgan fingerprint density at radius 3 is 1.03 bits per heavy atom. The molecule has 0 aliphatic carbocycles. The van der Waals surface area contributed by atoms with Gasteiger partial charge in [0.1, 0.15) is 0 Å². The van der Waals surface area contributed by atoms with Gasteiger partial charge in [-0.15, -0.1) is 0 Å². The molecule has 0 aromatic heterocycles. The van der Waals surface area contributed by atoms with E-state index in [2.05, 4.69) is 5.73 Å². The predicted molar refractivity (Wildman–Crippen MR) is 65.3 cm³/mol. The third kappa shape index (κ3) is 4.15. The van der Waals surface area contributed by atoms with Gasteiger partial charge in [0.15, 0.2) is 0 Å². The topological polar surface area (TPSA) is 46.2 Å². The highest BCUT2D eigenvalue weighted by molar-refractivity contribution is 5.19. The van der Waals surface area contributed by atoms with Gasteiger partial charge in [-0.2, -0.15) is 79.0 Å². The van der Waals surface area contributed by atoms with Gasteiger partial charge < -0.3 is 10.8 Å². The van der Waals surface area contributed by atoms with Crippen LogP contribution in [0.4, 0.5) is 83.4 Å². The van der Waals surface area contributed by atoms with Crippen molar-refractivity contribution in [3.63, 3.8) is 0 Å². The summed E-state index contributed by atoms with van der Waals surface area (Å²) in [7, 11) is 0. The van der Waals surface area contributed by atoms with E-state index in [1.165, 1.54) is 0 Å². The molecule has 0 fully saturated rings. The maximum atomic E-state index is 13.4. The summed E-state index contributed by atoms with van der Waals surface area (Å²) in [6.45, 7) is -1.50. The van der Waals surface area contributed by atoms with Crippen LogP contribution in [0, 0.1) is 0 Å². The number of rotatable bonds is 9. The largest absolute Gasteiger partial charge is 0.438 e. The highest BCUT2D eigenvalue weighted by Gasteiger charge is 2.98. The Balaban J connectivity index is 7.00. The molecule has 3 N–H and O–H groups in total. The molecule has 0 amide bonds. The van der Waals surface area contributed by atoms with Crippen LogP contribution in [0.2, 0.25) is 0 Å². The van der Waals surface area contributed by atoms with Crippen molar-refractivity contribution in [1.82, 2.24) is 0 Å². The van der Waals surface area contributed by atoms with Crippen molar-refractivity contribution in [3.05, 3.63) is 0 Å². The van der Waals surface area contributed by atoms with Gasteiger partial charge in [-0.3, -0.25) is 0 Å². The fourth-order valence-electron chi connectivity index (χ4n) is 2.06. The summed E-state index contributed by atoms with van der Waals surface area (Å²) in [6, 6.07) is 0. The molecule has 0 aliphatic heterocycles. The first kappa shape index (κ1) is 31.6. The summed E-state index contributed by atoms with van der Waals surface area (Å²) in [5.74, 6) is -50.3. The lowest BCUT2D eigenvalue weighted by atomic mass is 9.83. The van der Waals surface area contributed by atoms with Gasteiger partial charge in [0.05, 0.1) is 6.10 Å². The second-order valence-corrected chi connectivity index (χ2v) is 6.32. The zero-order valence-electron chi connectivity index (χ0n) is 14.7. The summed E-state index contributed by atoms with van der Waals surface area (Å²) in [5.41, 5.74) is -4.33. The molecule has 0 rings (SSSR count). The van der Waals surface area contributed by atoms with Crippen LogP contribution < -0.4 is 5.73 Å². The molecule has 0 aliphatic rings. The average molecular weight is 543 g/mol. The zero-order valence-corrected chi connectivity index (χ0v) is 14.7. The first-order chi connectivity index (χ1) is 14.0. The summed E-state index contributed by atoms with van der Waals surface area (Å²) in [4.78, 5) is 0. The van der Waals surface area contributed by atoms with Crippen LogP contribution in [0.5, 0.6) is 0 Å². The Morgan fingerprint density at radius 1 is 0.485 bits per heavy atom. The number of hydrogen-bond acceptors (Lipinski definition) is 2. The summed E-state index contributed by atoms with van der Waals surface area (Å²) in [6.07, 6.45) is -22.6. The molecule has 0 heterocycles. The van der Waals surface area contributed by atoms with Crippen molar-refractivity contribution in [1.29, 1.82) is 0 Å². The lowest BCUT2D eigenvalue weighted by Gasteiger charge is -2.45. The second kappa shape index (κ2) is 8.08. The van der Waals surface area contributed by atoms with Gasteiger partial charge in [0, 0.05) is 13.0 Å². The molecule has 0 aromatic rings. The number of alkyl halides is 19. The van der Waals surface area contributed by atoms with Gasteiger partial charge in [-0.05, 0) is 0 Å². The van der Waals surface area contributed by atoms with Gasteiger partial charge in [-0.25, -0.2) is 4.39 Å². The molecule has 200 valence electrons. The molecule has 21 heteroatoms. The highest BCUT2D eigenvalue weighted by Crippen LogP contribution is 2.66. The van der Waals surface area contributed by atoms with Crippen molar-refractivity contribution >= 4 is 0 Å². The fraction of sp³-hybridized carbons (Fsp3) is 1.00. The van der Waals surface area contributed by atoms with Crippen LogP contribution in [0.1, 0.15) is 6.42 Å². The second-order valence-electron chi connectivity index (χ2n) is 6.32. The number of halogens is 19. The maximum absolute atomic E-state index is 13.4. The normalized spacial score (nSPS) is 17.4. The number of hydrogen-bond donors (Lipinski definition) is 2. The first-order valence-electron chi connectivity index (χ1n) is 7.43. The SMILES string of the molecule is NCC(O)CC(F)(F)C(F)(F)C(F)(F)C(F)(F)C(F)(F)C(F)(F)C(F)(C(F)(F)F)C(F)(F)F. The Hall–Kier alpha value is -1.41. The first-order valence-corrected chi connectivity index (χ1v) is 7.43. The molecular formula is C12H8F19NO. The van der Waals surface area contributed by atoms with Gasteiger partial charge in [-0.1, -0.05) is 0 Å². The Kier molecular flexibility index (Phi) is 7.73. The molecule has 0 bridgehead atoms. The monoisotopic (exact) mass is 543 g/mol. The molecule has 0 radical (unpaired) electrons. The minimum Gasteiger partial charge on any atom is -0.392 e. The fourth-order valence-corrected chi connectivity index (χ4v) is 2.06. The number of aliphatic hydroxyl groups is 1. The third-order valence-corrected chi connectivity index (χ3v) is 4.01. The molecule has 0 spiro atoms. The van der Waals surface area contributed by atoms with Gasteiger partial charge in [0.2, 0.25) is 0 Å². The Morgan fingerprint density at radius 2 is 0.758 bits per heavy atom. The average Bonchev–Trinajstić information content (AvgIpc) is 2.57. The minimum atomic E-state index is -9.05. The van der Waals surface area contributed by atoms with Crippen molar-refractivity contribution in [3.8, 4) is 0 Å². The highest BCUT2D eigenvalue weighted by atomic mass is 19.4. The maximum Gasteiger partial charge on any atom is 0.438 e. The molecule has 33 heavy (non-hydrogen) atoms. The van der Waals surface area contributed by atoms with Crippen molar-refractivity contribution in [2.24, 2.45) is 5.73 Å². The van der Waals surface area contributed by atoms with Gasteiger partial charge in [0.25, 0.3) is 0 Å². The van der Waals surface area contributed by atoms with E-state index >= 15 is 0 Å². The Bertz CT molecular complexity index is 678. The van der Waals surface area contributed by atoms with Crippen molar-refractivity contribution in [2.75, 3.05) is 6.54 Å². The van der Waals surface area contributed by atoms with Crippen LogP contribution in [-0.4, -0.2) is 71.3 Å². The zero-order chi connectivity index (χ0) is 27.5. The van der Waals surface area contributed by atoms with Gasteiger partial charge >= 0.3 is 53.6 Å². The lowest BCUT2D eigenvalue weighted by Crippen LogP contribution is -2.77. The molecule has 0 saturated carbocycles. The summed E-state index contributed by atoms with van der Waals surface area (Å²) >= 11 is 0. The quantitative estimate of drug-likeness (QED) is 0.386. The van der Waals surface area contributed by atoms with Crippen LogP contribution in [0.25, 0.3) is 0 Å². The van der Waals surface area contributed by atoms with E-state index in [1.807, 2.05) is 0 Å². The molecular weight excluding hydrogens is 535 g/mol. The molecule has 1 unspecified atom stereocenters. The molecule has 0 saturated heterocycles. The van der Waals surface area contributed by atoms with E-state index in [9.17, 15) is 83.4 Å². The van der Waals surface area contributed by atoms with E-state index in [1.54, 1.807) is 0 Å². The van der Waals surface area contributed by atoms with E-state index in [0.29, 0.717) is 0 Å². The van der Waals surface area contributed by atoms with E-state index in [0.717, 1.165) is 0 Å². The third-order valence-electron chi connectivity index (χ3n) is 4.01. The van der Waals surface area contributed by atoms with Crippen molar-refractivity contribution < 1.29 is 88.5 Å². The molecule has 2 nitrogen and oxygen atoms in total. The van der Waals surface area contributed by atoms with E-state index < -0.39 is 72.6 Å². The summed E-state index contributed by atoms with van der Waals surface area (Å²) in [5, 5.41) is 8.66. The predicted octanol–water partition coefficient (Wildman–Crippen LogP) is 5.34. The van der Waals surface area contributed by atoms with Crippen molar-refractivity contribution in [2.45, 2.75) is 66.1 Å². The van der Waals surface area contributed by atoms with Crippen LogP contribution >= 0.6 is 0 Å². The standard InChI is InChI=1S/C12H8F19NO/c13-4(14,1-3(33)2-32)6(16,17)8(20,21)10(24,25)9(22,23)7(18,19)5(15,11(26,27)28)12(29,30)31/h3,33H,1-2,32H2. The van der Waals surface area contributed by atoms with E-state index in [-0.39, 0.29) is 0 Å². The number of aliphatic hydroxyl groups excluding tert-OH is 1. The summed E-state index contributed by atoms with van der Waals surface area (Å²) < 4.78 is 248. The molecule has 1 atom stereocenters. The van der Waals surface area contributed by atoms with Crippen LogP contribution in [-0.2, 0) is 0 Å². The van der Waals surface area contributed by atoms with E-state index in [4.69, 9.17) is 5.11 Å². The van der Waals surface area contributed by atoms with Crippen LogP contribution in [0.3, 0.4) is 0 Å².